The van der Waals surface area contributed by atoms with Gasteiger partial charge in [0.25, 0.3) is 0 Å². The Balaban J connectivity index is 2.28. The average molecular weight is 144 g/mol. The Morgan fingerprint density at radius 1 is 1.75 bits per heavy atom. The molecule has 0 N–H and O–H groups in total. The van der Waals surface area contributed by atoms with Crippen molar-refractivity contribution in [1.82, 2.24) is 4.31 Å². The van der Waals surface area contributed by atoms with E-state index in [0.717, 1.165) is 11.0 Å². The minimum absolute atomic E-state index is 0.896. The number of amidine groups is 1. The number of hydrogen-bond acceptors (Lipinski definition) is 4. The Kier molecular flexibility index (Phi) is 1.01. The predicted molar refractivity (Wildman–Crippen MR) is 38.5 cm³/mol. The van der Waals surface area contributed by atoms with Crippen LogP contribution in [0.15, 0.2) is 16.6 Å². The normalized spacial score (nSPS) is 24.0. The van der Waals surface area contributed by atoms with E-state index in [2.05, 4.69) is 9.30 Å². The zero-order valence-corrected chi connectivity index (χ0v) is 5.71. The van der Waals surface area contributed by atoms with Crippen molar-refractivity contribution in [2.45, 2.75) is 0 Å². The minimum atomic E-state index is 0.896. The molecule has 0 bridgehead atoms. The molecule has 0 aliphatic carbocycles. The van der Waals surface area contributed by atoms with Crippen LogP contribution in [0.4, 0.5) is 0 Å². The minimum Gasteiger partial charge on any atom is -0.268 e. The number of fused-ring (bicyclic) bond motifs is 1. The summed E-state index contributed by atoms with van der Waals surface area (Å²) in [6, 6.07) is 0. The Hall–Kier alpha value is -0.0900. The lowest BCUT2D eigenvalue weighted by molar-refractivity contribution is 0.983. The summed E-state index contributed by atoms with van der Waals surface area (Å²) in [5.41, 5.74) is 0. The fourth-order valence-electron chi connectivity index (χ4n) is 0.614. The molecule has 2 heterocycles. The molecule has 2 aliphatic rings. The van der Waals surface area contributed by atoms with Gasteiger partial charge in [0, 0.05) is 6.20 Å². The Bertz CT molecular complexity index is 163. The lowest BCUT2D eigenvalue weighted by atomic mass is 11.0. The summed E-state index contributed by atoms with van der Waals surface area (Å²) in [6.45, 7) is 0. The molecule has 0 atom stereocenters. The summed E-state index contributed by atoms with van der Waals surface area (Å²) in [5, 5.41) is 3.18. The molecule has 2 rings (SSSR count). The van der Waals surface area contributed by atoms with E-state index in [-0.39, 0.29) is 0 Å². The molecule has 0 saturated carbocycles. The Morgan fingerprint density at radius 2 is 2.75 bits per heavy atom. The first kappa shape index (κ1) is 4.76. The van der Waals surface area contributed by atoms with E-state index < -0.39 is 0 Å². The highest BCUT2D eigenvalue weighted by Gasteiger charge is 2.18. The van der Waals surface area contributed by atoms with Gasteiger partial charge >= 0.3 is 0 Å². The third-order valence-electron chi connectivity index (χ3n) is 0.955. The molecule has 8 heavy (non-hydrogen) atoms. The number of nitrogens with zero attached hydrogens (tertiary/aromatic N) is 2. The van der Waals surface area contributed by atoms with Gasteiger partial charge in [0.15, 0.2) is 5.17 Å². The van der Waals surface area contributed by atoms with Gasteiger partial charge in [-0.05, 0) is 17.4 Å². The van der Waals surface area contributed by atoms with Gasteiger partial charge in [0.05, 0.1) is 0 Å². The van der Waals surface area contributed by atoms with Crippen LogP contribution in [0.1, 0.15) is 0 Å². The molecule has 0 spiro atoms. The van der Waals surface area contributed by atoms with Crippen LogP contribution in [0.25, 0.3) is 0 Å². The van der Waals surface area contributed by atoms with Crippen LogP contribution in [-0.4, -0.2) is 15.3 Å². The maximum atomic E-state index is 4.20. The van der Waals surface area contributed by atoms with Crippen LogP contribution < -0.4 is 0 Å². The van der Waals surface area contributed by atoms with Gasteiger partial charge in [-0.2, -0.15) is 0 Å². The highest BCUT2D eigenvalue weighted by Crippen LogP contribution is 2.31. The van der Waals surface area contributed by atoms with Crippen molar-refractivity contribution in [2.24, 2.45) is 4.99 Å². The molecule has 2 nitrogen and oxygen atoms in total. The molecule has 0 fully saturated rings. The second-order valence-electron chi connectivity index (χ2n) is 1.43. The molecule has 0 saturated heterocycles. The summed E-state index contributed by atoms with van der Waals surface area (Å²) in [4.78, 5) is 4.20. The van der Waals surface area contributed by atoms with Crippen molar-refractivity contribution in [3.8, 4) is 0 Å². The van der Waals surface area contributed by atoms with E-state index in [9.17, 15) is 0 Å². The topological polar surface area (TPSA) is 15.6 Å². The smallest absolute Gasteiger partial charge is 0.178 e. The molecule has 0 amide bonds. The van der Waals surface area contributed by atoms with Gasteiger partial charge in [0.1, 0.15) is 5.88 Å². The largest absolute Gasteiger partial charge is 0.268 e. The zero-order valence-electron chi connectivity index (χ0n) is 4.07. The lowest BCUT2D eigenvalue weighted by Crippen LogP contribution is -2.03. The van der Waals surface area contributed by atoms with E-state index in [1.54, 1.807) is 23.7 Å². The van der Waals surface area contributed by atoms with Gasteiger partial charge in [-0.25, -0.2) is 4.99 Å². The van der Waals surface area contributed by atoms with Crippen LogP contribution in [0.3, 0.4) is 0 Å². The van der Waals surface area contributed by atoms with Crippen LogP contribution in [0.2, 0.25) is 0 Å². The van der Waals surface area contributed by atoms with Gasteiger partial charge in [-0.3, -0.25) is 4.31 Å². The van der Waals surface area contributed by atoms with E-state index in [1.165, 1.54) is 0 Å². The van der Waals surface area contributed by atoms with Crippen LogP contribution in [0, 0.1) is 0 Å². The standard InChI is InChI=1S/C4H4N2S2/c1-2-7-4-5-3-8-6(1)4/h1-2H,3H2. The molecular formula is C4H4N2S2. The Labute approximate surface area is 56.2 Å². The van der Waals surface area contributed by atoms with Crippen molar-refractivity contribution in [1.29, 1.82) is 0 Å². The van der Waals surface area contributed by atoms with E-state index in [0.29, 0.717) is 0 Å². The predicted octanol–water partition coefficient (Wildman–Crippen LogP) is 1.48. The SMILES string of the molecule is C1=CN2SCN=C2S1. The van der Waals surface area contributed by atoms with E-state index >= 15 is 0 Å². The van der Waals surface area contributed by atoms with Crippen molar-refractivity contribution < 1.29 is 0 Å². The summed E-state index contributed by atoms with van der Waals surface area (Å²) >= 11 is 3.42. The van der Waals surface area contributed by atoms with E-state index in [4.69, 9.17) is 0 Å². The fourth-order valence-corrected chi connectivity index (χ4v) is 2.29. The monoisotopic (exact) mass is 144 g/mol. The summed E-state index contributed by atoms with van der Waals surface area (Å²) in [5.74, 6) is 0.896. The summed E-state index contributed by atoms with van der Waals surface area (Å²) in [6.07, 6.45) is 2.04. The van der Waals surface area contributed by atoms with Gasteiger partial charge in [-0.1, -0.05) is 11.8 Å². The number of hydrogen-bond donors (Lipinski definition) is 0. The first-order valence-corrected chi connectivity index (χ1v) is 4.09. The molecule has 0 aromatic heterocycles. The van der Waals surface area contributed by atoms with Crippen LogP contribution in [-0.2, 0) is 0 Å². The highest BCUT2D eigenvalue weighted by molar-refractivity contribution is 8.18. The summed E-state index contributed by atoms with van der Waals surface area (Å²) in [7, 11) is 0. The zero-order chi connectivity index (χ0) is 5.40. The Morgan fingerprint density at radius 3 is 3.62 bits per heavy atom. The number of thioether (sulfide) groups is 1. The highest BCUT2D eigenvalue weighted by atomic mass is 32.2. The van der Waals surface area contributed by atoms with Crippen molar-refractivity contribution in [2.75, 3.05) is 5.88 Å². The number of aliphatic imine (C=N–C) groups is 1. The third kappa shape index (κ3) is 0.563. The van der Waals surface area contributed by atoms with Crippen LogP contribution >= 0.6 is 23.7 Å². The second kappa shape index (κ2) is 1.70. The molecular weight excluding hydrogens is 140 g/mol. The van der Waals surface area contributed by atoms with Crippen molar-refractivity contribution in [3.63, 3.8) is 0 Å². The average Bonchev–Trinajstić information content (AvgIpc) is 2.15. The maximum Gasteiger partial charge on any atom is 0.178 e. The van der Waals surface area contributed by atoms with Gasteiger partial charge < -0.3 is 0 Å². The first-order chi connectivity index (χ1) is 3.97. The molecule has 0 unspecified atom stereocenters. The second-order valence-corrected chi connectivity index (χ2v) is 3.21. The molecule has 2 aliphatic heterocycles. The van der Waals surface area contributed by atoms with Gasteiger partial charge in [-0.15, -0.1) is 0 Å². The van der Waals surface area contributed by atoms with E-state index in [1.807, 2.05) is 11.6 Å². The van der Waals surface area contributed by atoms with Gasteiger partial charge in [0.2, 0.25) is 0 Å². The van der Waals surface area contributed by atoms with Crippen molar-refractivity contribution in [3.05, 3.63) is 11.6 Å². The first-order valence-electron chi connectivity index (χ1n) is 2.27. The molecule has 4 heteroatoms. The molecule has 0 radical (unpaired) electrons. The fraction of sp³-hybridized carbons (Fsp3) is 0.250. The molecule has 42 valence electrons. The van der Waals surface area contributed by atoms with Crippen molar-refractivity contribution >= 4 is 28.9 Å². The molecule has 0 aromatic rings. The third-order valence-corrected chi connectivity index (χ3v) is 2.68. The quantitative estimate of drug-likeness (QED) is 0.479. The number of rotatable bonds is 0. The lowest BCUT2D eigenvalue weighted by Gasteiger charge is -2.02. The molecule has 0 aromatic carbocycles. The maximum absolute atomic E-state index is 4.20. The van der Waals surface area contributed by atoms with Crippen LogP contribution in [0.5, 0.6) is 0 Å². The summed E-state index contributed by atoms with van der Waals surface area (Å²) < 4.78 is 2.09.